The molecule has 0 amide bonds. The molecule has 0 aromatic heterocycles. The van der Waals surface area contributed by atoms with Gasteiger partial charge in [-0.3, -0.25) is 0 Å². The maximum Gasteiger partial charge on any atom is 0.0678 e. The first-order chi connectivity index (χ1) is 5.25. The maximum atomic E-state index is 5.54. The Morgan fingerprint density at radius 1 is 1.45 bits per heavy atom. The summed E-state index contributed by atoms with van der Waals surface area (Å²) < 4.78 is 1.46. The van der Waals surface area contributed by atoms with Gasteiger partial charge in [0.05, 0.1) is 21.8 Å². The van der Waals surface area contributed by atoms with Crippen molar-refractivity contribution in [2.45, 2.75) is 13.3 Å². The number of benzene rings is 1. The van der Waals surface area contributed by atoms with Crippen LogP contribution in [0.15, 0.2) is 24.3 Å². The third-order valence-corrected chi connectivity index (χ3v) is 1.98. The van der Waals surface area contributed by atoms with Crippen LogP contribution in [0.1, 0.15) is 12.5 Å². The van der Waals surface area contributed by atoms with Crippen molar-refractivity contribution in [2.24, 2.45) is 5.84 Å². The number of hydrogen-bond acceptors (Lipinski definition) is 2. The van der Waals surface area contributed by atoms with Gasteiger partial charge in [-0.15, -0.1) is 0 Å². The topological polar surface area (TPSA) is 29.3 Å². The maximum absolute atomic E-state index is 5.54. The highest BCUT2D eigenvalue weighted by atomic mass is 79.9. The fraction of sp³-hybridized carbons (Fsp3) is 0.250. The van der Waals surface area contributed by atoms with Crippen molar-refractivity contribution >= 4 is 21.8 Å². The van der Waals surface area contributed by atoms with Crippen LogP contribution in [-0.2, 0) is 6.42 Å². The van der Waals surface area contributed by atoms with E-state index in [1.807, 2.05) is 18.2 Å². The molecule has 0 radical (unpaired) electrons. The lowest BCUT2D eigenvalue weighted by Gasteiger charge is -2.12. The lowest BCUT2D eigenvalue weighted by atomic mass is 10.1. The van der Waals surface area contributed by atoms with E-state index in [1.165, 1.54) is 9.60 Å². The Morgan fingerprint density at radius 2 is 2.09 bits per heavy atom. The van der Waals surface area contributed by atoms with Gasteiger partial charge in [0.1, 0.15) is 0 Å². The molecule has 0 saturated heterocycles. The molecule has 11 heavy (non-hydrogen) atoms. The predicted molar refractivity (Wildman–Crippen MR) is 51.4 cm³/mol. The molecule has 0 aliphatic rings. The minimum Gasteiger partial charge on any atom is -0.244 e. The average Bonchev–Trinajstić information content (AvgIpc) is 2.04. The molecule has 2 nitrogen and oxygen atoms in total. The van der Waals surface area contributed by atoms with Crippen molar-refractivity contribution in [1.82, 2.24) is 0 Å². The number of hydrazine groups is 1. The molecular weight excluding hydrogens is 204 g/mol. The largest absolute Gasteiger partial charge is 0.244 e. The monoisotopic (exact) mass is 214 g/mol. The van der Waals surface area contributed by atoms with Crippen molar-refractivity contribution in [3.63, 3.8) is 0 Å². The average molecular weight is 215 g/mol. The van der Waals surface area contributed by atoms with E-state index in [0.717, 1.165) is 12.1 Å². The van der Waals surface area contributed by atoms with Crippen LogP contribution in [0.25, 0.3) is 0 Å². The standard InChI is InChI=1S/C8H11BrN2/c1-2-7-5-3-4-6-8(7)11(9)10/h3-6H,2,10H2,1H3. The molecule has 1 aromatic rings. The summed E-state index contributed by atoms with van der Waals surface area (Å²) in [5.41, 5.74) is 2.27. The normalized spacial score (nSPS) is 9.73. The van der Waals surface area contributed by atoms with E-state index < -0.39 is 0 Å². The van der Waals surface area contributed by atoms with E-state index in [4.69, 9.17) is 5.84 Å². The van der Waals surface area contributed by atoms with Gasteiger partial charge in [0, 0.05) is 0 Å². The summed E-state index contributed by atoms with van der Waals surface area (Å²) in [4.78, 5) is 0. The third-order valence-electron chi connectivity index (χ3n) is 1.60. The van der Waals surface area contributed by atoms with Crippen molar-refractivity contribution in [1.29, 1.82) is 0 Å². The minimum atomic E-state index is 0.996. The number of aryl methyl sites for hydroxylation is 1. The first-order valence-electron chi connectivity index (χ1n) is 3.54. The highest BCUT2D eigenvalue weighted by Gasteiger charge is 2.01. The molecule has 0 atom stereocenters. The van der Waals surface area contributed by atoms with Crippen molar-refractivity contribution in [2.75, 3.05) is 4.03 Å². The van der Waals surface area contributed by atoms with E-state index in [0.29, 0.717) is 0 Å². The first kappa shape index (κ1) is 8.56. The summed E-state index contributed by atoms with van der Waals surface area (Å²) in [6.07, 6.45) is 0.996. The molecule has 1 aromatic carbocycles. The van der Waals surface area contributed by atoms with Gasteiger partial charge in [0.15, 0.2) is 0 Å². The van der Waals surface area contributed by atoms with Crippen LogP contribution in [0.4, 0.5) is 5.69 Å². The molecule has 2 N–H and O–H groups in total. The van der Waals surface area contributed by atoms with Crippen LogP contribution in [0, 0.1) is 0 Å². The van der Waals surface area contributed by atoms with Gasteiger partial charge in [-0.1, -0.05) is 25.1 Å². The molecule has 3 heteroatoms. The summed E-state index contributed by atoms with van der Waals surface area (Å²) >= 11 is 3.19. The van der Waals surface area contributed by atoms with Gasteiger partial charge in [0.25, 0.3) is 0 Å². The van der Waals surface area contributed by atoms with Crippen molar-refractivity contribution in [3.05, 3.63) is 29.8 Å². The zero-order valence-corrected chi connectivity index (χ0v) is 8.01. The minimum absolute atomic E-state index is 0.996. The molecule has 0 heterocycles. The molecule has 0 aliphatic heterocycles. The van der Waals surface area contributed by atoms with Crippen LogP contribution in [0.5, 0.6) is 0 Å². The molecule has 0 aliphatic carbocycles. The second kappa shape index (κ2) is 3.74. The van der Waals surface area contributed by atoms with Crippen LogP contribution in [-0.4, -0.2) is 0 Å². The predicted octanol–water partition coefficient (Wildman–Crippen LogP) is 2.24. The molecule has 0 saturated carbocycles. The number of rotatable bonds is 2. The van der Waals surface area contributed by atoms with Crippen LogP contribution in [0.2, 0.25) is 0 Å². The second-order valence-corrected chi connectivity index (χ2v) is 3.06. The Morgan fingerprint density at radius 3 is 2.55 bits per heavy atom. The van der Waals surface area contributed by atoms with Crippen LogP contribution < -0.4 is 9.88 Å². The van der Waals surface area contributed by atoms with Gasteiger partial charge in [-0.25, -0.2) is 9.88 Å². The summed E-state index contributed by atoms with van der Waals surface area (Å²) in [5.74, 6) is 5.54. The van der Waals surface area contributed by atoms with Gasteiger partial charge in [0.2, 0.25) is 0 Å². The lowest BCUT2D eigenvalue weighted by molar-refractivity contribution is 1.10. The third kappa shape index (κ3) is 1.94. The van der Waals surface area contributed by atoms with Crippen molar-refractivity contribution < 1.29 is 0 Å². The number of halogens is 1. The fourth-order valence-corrected chi connectivity index (χ4v) is 1.36. The number of nitrogens with two attached hydrogens (primary N) is 1. The Kier molecular flexibility index (Phi) is 2.91. The highest BCUT2D eigenvalue weighted by molar-refractivity contribution is 9.10. The van der Waals surface area contributed by atoms with Crippen molar-refractivity contribution in [3.8, 4) is 0 Å². The molecule has 0 bridgehead atoms. The number of nitrogens with zero attached hydrogens (tertiary/aromatic N) is 1. The molecule has 0 spiro atoms. The quantitative estimate of drug-likeness (QED) is 0.465. The summed E-state index contributed by atoms with van der Waals surface area (Å²) in [6, 6.07) is 8.03. The Labute approximate surface area is 75.3 Å². The van der Waals surface area contributed by atoms with Crippen LogP contribution in [0.3, 0.4) is 0 Å². The zero-order chi connectivity index (χ0) is 8.27. The lowest BCUT2D eigenvalue weighted by Crippen LogP contribution is -2.18. The van der Waals surface area contributed by atoms with E-state index in [-0.39, 0.29) is 0 Å². The van der Waals surface area contributed by atoms with E-state index in [1.54, 1.807) is 0 Å². The Bertz CT molecular complexity index is 235. The Hall–Kier alpha value is -0.540. The smallest absolute Gasteiger partial charge is 0.0678 e. The van der Waals surface area contributed by atoms with Gasteiger partial charge >= 0.3 is 0 Å². The fourth-order valence-electron chi connectivity index (χ4n) is 1.02. The van der Waals surface area contributed by atoms with E-state index >= 15 is 0 Å². The number of para-hydroxylation sites is 1. The van der Waals surface area contributed by atoms with E-state index in [2.05, 4.69) is 29.1 Å². The Balaban J connectivity index is 3.02. The van der Waals surface area contributed by atoms with Gasteiger partial charge < -0.3 is 0 Å². The second-order valence-electron chi connectivity index (χ2n) is 2.29. The molecular formula is C8H11BrN2. The van der Waals surface area contributed by atoms with E-state index in [9.17, 15) is 0 Å². The highest BCUT2D eigenvalue weighted by Crippen LogP contribution is 2.19. The molecule has 0 unspecified atom stereocenters. The molecule has 0 fully saturated rings. The number of anilines is 1. The van der Waals surface area contributed by atoms with Gasteiger partial charge in [-0.05, 0) is 18.1 Å². The summed E-state index contributed by atoms with van der Waals surface area (Å²) in [6.45, 7) is 2.11. The molecule has 1 rings (SSSR count). The van der Waals surface area contributed by atoms with Gasteiger partial charge in [-0.2, -0.15) is 0 Å². The van der Waals surface area contributed by atoms with Crippen LogP contribution >= 0.6 is 16.1 Å². The first-order valence-corrected chi connectivity index (χ1v) is 4.25. The molecule has 60 valence electrons. The zero-order valence-electron chi connectivity index (χ0n) is 6.42. The SMILES string of the molecule is CCc1ccccc1N(N)Br. The summed E-state index contributed by atoms with van der Waals surface area (Å²) in [5, 5.41) is 0. The summed E-state index contributed by atoms with van der Waals surface area (Å²) in [7, 11) is 0. The number of hydrogen-bond donors (Lipinski definition) is 1.